The zero-order valence-corrected chi connectivity index (χ0v) is 15.2. The molecule has 0 bridgehead atoms. The van der Waals surface area contributed by atoms with Gasteiger partial charge in [0.15, 0.2) is 0 Å². The van der Waals surface area contributed by atoms with Crippen molar-refractivity contribution in [3.63, 3.8) is 0 Å². The number of hydrogen-bond acceptors (Lipinski definition) is 4. The molecule has 0 aromatic heterocycles. The van der Waals surface area contributed by atoms with Crippen LogP contribution in [0.1, 0.15) is 31.2 Å². The van der Waals surface area contributed by atoms with E-state index in [1.807, 2.05) is 24.3 Å². The van der Waals surface area contributed by atoms with Crippen molar-refractivity contribution in [2.24, 2.45) is 5.92 Å². The fourth-order valence-electron chi connectivity index (χ4n) is 2.70. The molecule has 1 unspecified atom stereocenters. The second kappa shape index (κ2) is 12.1. The lowest BCUT2D eigenvalue weighted by molar-refractivity contribution is -0.121. The Kier molecular flexibility index (Phi) is 10.5. The molecule has 1 aromatic rings. The van der Waals surface area contributed by atoms with Crippen molar-refractivity contribution in [2.45, 2.75) is 32.3 Å². The van der Waals surface area contributed by atoms with Crippen LogP contribution in [0.4, 0.5) is 0 Å². The zero-order chi connectivity index (χ0) is 16.3. The second-order valence-corrected chi connectivity index (χ2v) is 6.00. The molecule has 1 amide bonds. The van der Waals surface area contributed by atoms with Crippen molar-refractivity contribution in [2.75, 3.05) is 33.4 Å². The number of carbonyl (C=O) groups excluding carboxylic acids is 1. The Balaban J connectivity index is 0.00000288. The second-order valence-electron chi connectivity index (χ2n) is 6.00. The van der Waals surface area contributed by atoms with Crippen LogP contribution in [0.2, 0.25) is 0 Å². The minimum atomic E-state index is 0. The van der Waals surface area contributed by atoms with Crippen LogP contribution >= 0.6 is 12.4 Å². The van der Waals surface area contributed by atoms with E-state index in [0.717, 1.165) is 37.2 Å². The summed E-state index contributed by atoms with van der Waals surface area (Å²) in [6.07, 6.45) is 3.67. The summed E-state index contributed by atoms with van der Waals surface area (Å²) < 4.78 is 10.7. The van der Waals surface area contributed by atoms with E-state index in [4.69, 9.17) is 9.47 Å². The zero-order valence-electron chi connectivity index (χ0n) is 14.4. The Morgan fingerprint density at radius 2 is 2.12 bits per heavy atom. The van der Waals surface area contributed by atoms with Crippen molar-refractivity contribution in [1.82, 2.24) is 10.6 Å². The first-order valence-corrected chi connectivity index (χ1v) is 8.46. The van der Waals surface area contributed by atoms with E-state index in [2.05, 4.69) is 10.6 Å². The summed E-state index contributed by atoms with van der Waals surface area (Å²) in [5.41, 5.74) is 1.13. The van der Waals surface area contributed by atoms with Crippen LogP contribution in [0.5, 0.6) is 5.75 Å². The highest BCUT2D eigenvalue weighted by atomic mass is 35.5. The van der Waals surface area contributed by atoms with Crippen molar-refractivity contribution in [3.05, 3.63) is 29.8 Å². The third-order valence-corrected chi connectivity index (χ3v) is 4.16. The molecule has 5 nitrogen and oxygen atoms in total. The Hall–Kier alpha value is -1.30. The molecule has 1 aromatic carbocycles. The number of ether oxygens (including phenoxy) is 2. The first kappa shape index (κ1) is 20.7. The quantitative estimate of drug-likeness (QED) is 0.632. The Bertz CT molecular complexity index is 462. The van der Waals surface area contributed by atoms with Gasteiger partial charge < -0.3 is 20.1 Å². The maximum atomic E-state index is 11.7. The maximum Gasteiger partial charge on any atom is 0.220 e. The predicted octanol–water partition coefficient (Wildman–Crippen LogP) is 2.53. The van der Waals surface area contributed by atoms with Gasteiger partial charge in [0.1, 0.15) is 5.75 Å². The van der Waals surface area contributed by atoms with Gasteiger partial charge >= 0.3 is 0 Å². The van der Waals surface area contributed by atoms with E-state index in [0.29, 0.717) is 32.1 Å². The molecular formula is C18H29ClN2O3. The van der Waals surface area contributed by atoms with Crippen LogP contribution in [0, 0.1) is 5.92 Å². The van der Waals surface area contributed by atoms with E-state index >= 15 is 0 Å². The van der Waals surface area contributed by atoms with Crippen LogP contribution in [0.15, 0.2) is 24.3 Å². The van der Waals surface area contributed by atoms with E-state index in [9.17, 15) is 4.79 Å². The number of carbonyl (C=O) groups is 1. The summed E-state index contributed by atoms with van der Waals surface area (Å²) in [6.45, 7) is 4.08. The largest absolute Gasteiger partial charge is 0.497 e. The first-order chi connectivity index (χ1) is 11.3. The van der Waals surface area contributed by atoms with Gasteiger partial charge in [-0.1, -0.05) is 12.1 Å². The molecule has 1 atom stereocenters. The van der Waals surface area contributed by atoms with Gasteiger partial charge in [0.25, 0.3) is 0 Å². The SMILES string of the molecule is COc1ccc(COCCCNC(=O)CCC2CCNC2)cc1.Cl. The van der Waals surface area contributed by atoms with Gasteiger partial charge in [-0.15, -0.1) is 12.4 Å². The summed E-state index contributed by atoms with van der Waals surface area (Å²) in [5, 5.41) is 6.29. The molecule has 0 spiro atoms. The molecule has 1 fully saturated rings. The number of methoxy groups -OCH3 is 1. The Morgan fingerprint density at radius 3 is 2.79 bits per heavy atom. The topological polar surface area (TPSA) is 59.6 Å². The first-order valence-electron chi connectivity index (χ1n) is 8.46. The molecule has 1 aliphatic heterocycles. The van der Waals surface area contributed by atoms with Gasteiger partial charge in [-0.2, -0.15) is 0 Å². The summed E-state index contributed by atoms with van der Waals surface area (Å²) in [4.78, 5) is 11.7. The number of hydrogen-bond donors (Lipinski definition) is 2. The normalized spacial score (nSPS) is 16.5. The molecule has 0 radical (unpaired) electrons. The highest BCUT2D eigenvalue weighted by Crippen LogP contribution is 2.14. The van der Waals surface area contributed by atoms with Crippen molar-refractivity contribution >= 4 is 18.3 Å². The van der Waals surface area contributed by atoms with E-state index in [1.54, 1.807) is 7.11 Å². The number of halogens is 1. The van der Waals surface area contributed by atoms with Gasteiger partial charge in [0.2, 0.25) is 5.91 Å². The van der Waals surface area contributed by atoms with E-state index in [-0.39, 0.29) is 18.3 Å². The van der Waals surface area contributed by atoms with Crippen LogP contribution in [-0.2, 0) is 16.1 Å². The number of nitrogens with one attached hydrogen (secondary N) is 2. The summed E-state index contributed by atoms with van der Waals surface area (Å²) in [7, 11) is 1.66. The highest BCUT2D eigenvalue weighted by molar-refractivity contribution is 5.85. The molecule has 1 saturated heterocycles. The fraction of sp³-hybridized carbons (Fsp3) is 0.611. The molecular weight excluding hydrogens is 328 g/mol. The number of amides is 1. The lowest BCUT2D eigenvalue weighted by atomic mass is 10.0. The van der Waals surface area contributed by atoms with Gasteiger partial charge in [-0.25, -0.2) is 0 Å². The third-order valence-electron chi connectivity index (χ3n) is 4.16. The van der Waals surface area contributed by atoms with E-state index < -0.39 is 0 Å². The van der Waals surface area contributed by atoms with Gasteiger partial charge in [0.05, 0.1) is 13.7 Å². The fourth-order valence-corrected chi connectivity index (χ4v) is 2.70. The lowest BCUT2D eigenvalue weighted by Gasteiger charge is -2.09. The predicted molar refractivity (Wildman–Crippen MR) is 97.7 cm³/mol. The molecule has 1 aliphatic rings. The molecule has 24 heavy (non-hydrogen) atoms. The summed E-state index contributed by atoms with van der Waals surface area (Å²) in [6, 6.07) is 7.86. The molecule has 2 N–H and O–H groups in total. The molecule has 136 valence electrons. The summed E-state index contributed by atoms with van der Waals surface area (Å²) >= 11 is 0. The van der Waals surface area contributed by atoms with Crippen molar-refractivity contribution < 1.29 is 14.3 Å². The third kappa shape index (κ3) is 7.99. The van der Waals surface area contributed by atoms with E-state index in [1.165, 1.54) is 6.42 Å². The monoisotopic (exact) mass is 356 g/mol. The van der Waals surface area contributed by atoms with Crippen molar-refractivity contribution in [3.8, 4) is 5.75 Å². The molecule has 0 aliphatic carbocycles. The number of rotatable bonds is 10. The average Bonchev–Trinajstić information content (AvgIpc) is 3.10. The molecule has 1 heterocycles. The van der Waals surface area contributed by atoms with Crippen LogP contribution in [0.3, 0.4) is 0 Å². The minimum absolute atomic E-state index is 0. The summed E-state index contributed by atoms with van der Waals surface area (Å²) in [5.74, 6) is 1.69. The highest BCUT2D eigenvalue weighted by Gasteiger charge is 2.15. The smallest absolute Gasteiger partial charge is 0.220 e. The molecule has 0 saturated carbocycles. The molecule has 2 rings (SSSR count). The average molecular weight is 357 g/mol. The minimum Gasteiger partial charge on any atom is -0.497 e. The van der Waals surface area contributed by atoms with Gasteiger partial charge in [-0.3, -0.25) is 4.79 Å². The van der Waals surface area contributed by atoms with Crippen LogP contribution in [0.25, 0.3) is 0 Å². The standard InChI is InChI=1S/C18H28N2O3.ClH/c1-22-17-6-3-16(4-7-17)14-23-12-2-10-20-18(21)8-5-15-9-11-19-13-15;/h3-4,6-7,15,19H,2,5,8-14H2,1H3,(H,20,21);1H. The Morgan fingerprint density at radius 1 is 1.33 bits per heavy atom. The van der Waals surface area contributed by atoms with Crippen molar-refractivity contribution in [1.29, 1.82) is 0 Å². The maximum absolute atomic E-state index is 11.7. The number of benzene rings is 1. The van der Waals surface area contributed by atoms with Crippen LogP contribution < -0.4 is 15.4 Å². The Labute approximate surface area is 150 Å². The van der Waals surface area contributed by atoms with Gasteiger partial charge in [0, 0.05) is 19.6 Å². The van der Waals surface area contributed by atoms with Crippen LogP contribution in [-0.4, -0.2) is 39.3 Å². The molecule has 6 heteroatoms. The van der Waals surface area contributed by atoms with Gasteiger partial charge in [-0.05, 0) is 56.0 Å². The lowest BCUT2D eigenvalue weighted by Crippen LogP contribution is -2.25.